The third-order valence-corrected chi connectivity index (χ3v) is 5.23. The molecule has 2 aromatic carbocycles. The van der Waals surface area contributed by atoms with Crippen LogP contribution in [0.1, 0.15) is 35.1 Å². The summed E-state index contributed by atoms with van der Waals surface area (Å²) in [6.45, 7) is 0.624. The predicted octanol–water partition coefficient (Wildman–Crippen LogP) is 3.13. The number of nitrogens with one attached hydrogen (secondary N) is 1. The summed E-state index contributed by atoms with van der Waals surface area (Å²) < 4.78 is 22.1. The maximum atomic E-state index is 5.57. The predicted molar refractivity (Wildman–Crippen MR) is 88.0 cm³/mol. The van der Waals surface area contributed by atoms with Gasteiger partial charge in [-0.15, -0.1) is 0 Å². The van der Waals surface area contributed by atoms with E-state index in [9.17, 15) is 0 Å². The van der Waals surface area contributed by atoms with Gasteiger partial charge in [-0.25, -0.2) is 0 Å². The molecule has 5 heteroatoms. The molecular weight excluding hydrogens is 306 g/mol. The van der Waals surface area contributed by atoms with Gasteiger partial charge < -0.3 is 24.3 Å². The lowest BCUT2D eigenvalue weighted by molar-refractivity contribution is 0.173. The van der Waals surface area contributed by atoms with Crippen molar-refractivity contribution in [2.24, 2.45) is 0 Å². The van der Waals surface area contributed by atoms with Gasteiger partial charge in [0.15, 0.2) is 23.0 Å². The number of ether oxygens (including phenoxy) is 4. The molecule has 3 aliphatic rings. The summed E-state index contributed by atoms with van der Waals surface area (Å²) in [7, 11) is 2.02. The first-order valence-corrected chi connectivity index (χ1v) is 8.33. The molecular formula is C19H19NO4. The molecule has 0 unspecified atom stereocenters. The van der Waals surface area contributed by atoms with Crippen LogP contribution in [0, 0.1) is 0 Å². The van der Waals surface area contributed by atoms with Crippen molar-refractivity contribution in [2.75, 3.05) is 20.6 Å². The highest BCUT2D eigenvalue weighted by atomic mass is 16.7. The van der Waals surface area contributed by atoms with Crippen LogP contribution in [0.3, 0.4) is 0 Å². The molecule has 0 saturated carbocycles. The van der Waals surface area contributed by atoms with Gasteiger partial charge in [0.1, 0.15) is 0 Å². The van der Waals surface area contributed by atoms with Gasteiger partial charge in [-0.1, -0.05) is 6.07 Å². The van der Waals surface area contributed by atoms with Crippen LogP contribution in [0.2, 0.25) is 0 Å². The van der Waals surface area contributed by atoms with Crippen molar-refractivity contribution in [1.29, 1.82) is 0 Å². The SMILES string of the molecule is CN[C@@H]1c2cc3c(cc2CC[C@@H]1c1ccc2c(c1)OCO2)OCO3. The minimum Gasteiger partial charge on any atom is -0.454 e. The molecule has 24 heavy (non-hydrogen) atoms. The van der Waals surface area contributed by atoms with E-state index in [1.54, 1.807) is 0 Å². The second kappa shape index (κ2) is 5.31. The molecule has 0 spiro atoms. The number of likely N-dealkylation sites (N-methyl/N-ethyl adjacent to an activating group) is 1. The van der Waals surface area contributed by atoms with Crippen molar-refractivity contribution in [1.82, 2.24) is 5.32 Å². The Labute approximate surface area is 140 Å². The van der Waals surface area contributed by atoms with E-state index in [4.69, 9.17) is 18.9 Å². The summed E-state index contributed by atoms with van der Waals surface area (Å²) >= 11 is 0. The maximum absolute atomic E-state index is 5.57. The van der Waals surface area contributed by atoms with E-state index in [-0.39, 0.29) is 6.04 Å². The van der Waals surface area contributed by atoms with E-state index in [2.05, 4.69) is 29.6 Å². The average Bonchev–Trinajstić information content (AvgIpc) is 3.26. The van der Waals surface area contributed by atoms with Crippen molar-refractivity contribution in [3.8, 4) is 23.0 Å². The fourth-order valence-electron chi connectivity index (χ4n) is 4.06. The van der Waals surface area contributed by atoms with Crippen LogP contribution < -0.4 is 24.3 Å². The highest BCUT2D eigenvalue weighted by Gasteiger charge is 2.32. The zero-order valence-corrected chi connectivity index (χ0v) is 13.5. The first kappa shape index (κ1) is 14.0. The summed E-state index contributed by atoms with van der Waals surface area (Å²) in [5.74, 6) is 3.78. The Hall–Kier alpha value is -2.40. The number of hydrogen-bond donors (Lipinski definition) is 1. The second-order valence-corrected chi connectivity index (χ2v) is 6.43. The van der Waals surface area contributed by atoms with Gasteiger partial charge in [0.05, 0.1) is 0 Å². The van der Waals surface area contributed by atoms with Gasteiger partial charge >= 0.3 is 0 Å². The lowest BCUT2D eigenvalue weighted by atomic mass is 9.76. The summed E-state index contributed by atoms with van der Waals surface area (Å²) in [4.78, 5) is 0. The fraction of sp³-hybridized carbons (Fsp3) is 0.368. The van der Waals surface area contributed by atoms with E-state index in [1.807, 2.05) is 13.1 Å². The minimum atomic E-state index is 0.239. The van der Waals surface area contributed by atoms with Crippen molar-refractivity contribution in [2.45, 2.75) is 24.8 Å². The van der Waals surface area contributed by atoms with Crippen LogP contribution in [0.4, 0.5) is 0 Å². The molecule has 0 saturated heterocycles. The van der Waals surface area contributed by atoms with Crippen LogP contribution in [-0.2, 0) is 6.42 Å². The van der Waals surface area contributed by atoms with Gasteiger partial charge in [0.25, 0.3) is 0 Å². The largest absolute Gasteiger partial charge is 0.454 e. The Balaban J connectivity index is 1.54. The van der Waals surface area contributed by atoms with Crippen LogP contribution in [0.15, 0.2) is 30.3 Å². The average molecular weight is 325 g/mol. The Morgan fingerprint density at radius 1 is 0.875 bits per heavy atom. The third kappa shape index (κ3) is 2.04. The van der Waals surface area contributed by atoms with Crippen LogP contribution in [0.5, 0.6) is 23.0 Å². The smallest absolute Gasteiger partial charge is 0.231 e. The van der Waals surface area contributed by atoms with Gasteiger partial charge in [-0.2, -0.15) is 0 Å². The molecule has 5 rings (SSSR count). The highest BCUT2D eigenvalue weighted by molar-refractivity contribution is 5.52. The Kier molecular flexibility index (Phi) is 3.10. The lowest BCUT2D eigenvalue weighted by Gasteiger charge is -2.34. The minimum absolute atomic E-state index is 0.239. The number of rotatable bonds is 2. The maximum Gasteiger partial charge on any atom is 0.231 e. The van der Waals surface area contributed by atoms with Crippen LogP contribution in [0.25, 0.3) is 0 Å². The standard InChI is InChI=1S/C19H19NO4/c1-20-19-13(11-3-5-15-16(6-11)22-9-21-15)4-2-12-7-17-18(8-14(12)19)24-10-23-17/h3,5-8,13,19-20H,2,4,9-10H2,1H3/t13-,19+/m1/s1. The van der Waals surface area contributed by atoms with Crippen molar-refractivity contribution in [3.63, 3.8) is 0 Å². The summed E-state index contributed by atoms with van der Waals surface area (Å²) in [6.07, 6.45) is 2.11. The first-order chi connectivity index (χ1) is 11.8. The van der Waals surface area contributed by atoms with Crippen molar-refractivity contribution >= 4 is 0 Å². The highest BCUT2D eigenvalue weighted by Crippen LogP contribution is 2.47. The summed E-state index contributed by atoms with van der Waals surface area (Å²) in [6, 6.07) is 10.8. The van der Waals surface area contributed by atoms with Gasteiger partial charge in [0, 0.05) is 12.0 Å². The van der Waals surface area contributed by atoms with Gasteiger partial charge in [0.2, 0.25) is 13.6 Å². The molecule has 0 bridgehead atoms. The topological polar surface area (TPSA) is 49.0 Å². The summed E-state index contributed by atoms with van der Waals surface area (Å²) in [5, 5.41) is 3.50. The van der Waals surface area contributed by atoms with E-state index in [0.29, 0.717) is 19.5 Å². The normalized spacial score (nSPS) is 23.2. The summed E-state index contributed by atoms with van der Waals surface area (Å²) in [5.41, 5.74) is 3.92. The lowest BCUT2D eigenvalue weighted by Crippen LogP contribution is -2.28. The molecule has 0 fully saturated rings. The number of benzene rings is 2. The number of aryl methyl sites for hydroxylation is 1. The quantitative estimate of drug-likeness (QED) is 0.919. The first-order valence-electron chi connectivity index (χ1n) is 8.33. The Bertz CT molecular complexity index is 804. The molecule has 1 aliphatic carbocycles. The van der Waals surface area contributed by atoms with E-state index < -0.39 is 0 Å². The molecule has 1 N–H and O–H groups in total. The van der Waals surface area contributed by atoms with Gasteiger partial charge in [-0.05, 0) is 60.8 Å². The fourth-order valence-corrected chi connectivity index (χ4v) is 4.06. The van der Waals surface area contributed by atoms with E-state index in [1.165, 1.54) is 16.7 Å². The van der Waals surface area contributed by atoms with E-state index in [0.717, 1.165) is 35.8 Å². The molecule has 2 heterocycles. The zero-order valence-electron chi connectivity index (χ0n) is 13.5. The number of hydrogen-bond acceptors (Lipinski definition) is 5. The molecule has 5 nitrogen and oxygen atoms in total. The molecule has 0 aromatic heterocycles. The van der Waals surface area contributed by atoms with Crippen molar-refractivity contribution < 1.29 is 18.9 Å². The van der Waals surface area contributed by atoms with Gasteiger partial charge in [-0.3, -0.25) is 0 Å². The molecule has 2 aromatic rings. The van der Waals surface area contributed by atoms with Crippen molar-refractivity contribution in [3.05, 3.63) is 47.0 Å². The number of fused-ring (bicyclic) bond motifs is 3. The monoisotopic (exact) mass is 325 g/mol. The second-order valence-electron chi connectivity index (χ2n) is 6.43. The molecule has 0 radical (unpaired) electrons. The Morgan fingerprint density at radius 3 is 2.38 bits per heavy atom. The van der Waals surface area contributed by atoms with Crippen LogP contribution >= 0.6 is 0 Å². The molecule has 2 aliphatic heterocycles. The molecule has 0 amide bonds. The van der Waals surface area contributed by atoms with Crippen LogP contribution in [-0.4, -0.2) is 20.6 Å². The molecule has 2 atom stereocenters. The zero-order chi connectivity index (χ0) is 16.1. The van der Waals surface area contributed by atoms with E-state index >= 15 is 0 Å². The molecule has 124 valence electrons. The third-order valence-electron chi connectivity index (χ3n) is 5.23. The Morgan fingerprint density at radius 2 is 1.58 bits per heavy atom.